The molecule has 0 saturated heterocycles. The van der Waals surface area contributed by atoms with Crippen molar-refractivity contribution >= 4 is 23.8 Å². The van der Waals surface area contributed by atoms with Crippen LogP contribution in [0.3, 0.4) is 0 Å². The summed E-state index contributed by atoms with van der Waals surface area (Å²) < 4.78 is 0. The molecule has 3 aromatic carbocycles. The number of hydrogen-bond acceptors (Lipinski definition) is 4. The molecule has 0 radical (unpaired) electrons. The van der Waals surface area contributed by atoms with Crippen LogP contribution in [0.5, 0.6) is 11.5 Å². The number of phenols is 2. The van der Waals surface area contributed by atoms with E-state index in [1.807, 2.05) is 62.4 Å². The minimum absolute atomic E-state index is 0.156. The predicted octanol–water partition coefficient (Wildman–Crippen LogP) is 8.39. The SMILES string of the molecule is Cc1cc(CC(C)(C)C)cc(C=Nc2cccc(N=Cc3cc(CC(C)(C)C)cc(C)c3O)c2)c1O. The Bertz CT molecular complexity index is 1190. The Balaban J connectivity index is 1.85. The normalized spacial score (nSPS) is 12.7. The summed E-state index contributed by atoms with van der Waals surface area (Å²) in [5.41, 5.74) is 7.27. The topological polar surface area (TPSA) is 65.2 Å². The molecule has 3 rings (SSSR count). The van der Waals surface area contributed by atoms with E-state index in [0.717, 1.165) is 35.3 Å². The van der Waals surface area contributed by atoms with E-state index < -0.39 is 0 Å². The third-order valence-electron chi connectivity index (χ3n) is 5.78. The summed E-state index contributed by atoms with van der Waals surface area (Å²) in [5, 5.41) is 21.1. The van der Waals surface area contributed by atoms with Crippen LogP contribution in [0.1, 0.15) is 74.9 Å². The molecule has 2 N–H and O–H groups in total. The number of aromatic hydroxyl groups is 2. The van der Waals surface area contributed by atoms with Crippen LogP contribution in [-0.2, 0) is 12.8 Å². The van der Waals surface area contributed by atoms with Gasteiger partial charge < -0.3 is 10.2 Å². The Morgan fingerprint density at radius 3 is 1.39 bits per heavy atom. The molecule has 0 heterocycles. The Morgan fingerprint density at radius 2 is 1.03 bits per heavy atom. The van der Waals surface area contributed by atoms with Gasteiger partial charge >= 0.3 is 0 Å². The molecule has 0 saturated carbocycles. The minimum Gasteiger partial charge on any atom is -0.507 e. The van der Waals surface area contributed by atoms with E-state index in [1.165, 1.54) is 11.1 Å². The molecule has 0 aliphatic carbocycles. The van der Waals surface area contributed by atoms with Crippen LogP contribution in [0, 0.1) is 24.7 Å². The van der Waals surface area contributed by atoms with Crippen molar-refractivity contribution < 1.29 is 10.2 Å². The average Bonchev–Trinajstić information content (AvgIpc) is 2.74. The van der Waals surface area contributed by atoms with E-state index in [0.29, 0.717) is 11.1 Å². The molecule has 3 aromatic rings. The first-order valence-electron chi connectivity index (χ1n) is 12.5. The lowest BCUT2D eigenvalue weighted by atomic mass is 9.87. The Morgan fingerprint density at radius 1 is 0.639 bits per heavy atom. The van der Waals surface area contributed by atoms with Crippen molar-refractivity contribution in [3.8, 4) is 11.5 Å². The van der Waals surface area contributed by atoms with Crippen LogP contribution in [-0.4, -0.2) is 22.6 Å². The number of hydrogen-bond donors (Lipinski definition) is 2. The second kappa shape index (κ2) is 10.7. The van der Waals surface area contributed by atoms with Gasteiger partial charge in [-0.05, 0) is 90.1 Å². The lowest BCUT2D eigenvalue weighted by molar-refractivity contribution is 0.410. The summed E-state index contributed by atoms with van der Waals surface area (Å²) in [5.74, 6) is 0.512. The van der Waals surface area contributed by atoms with Crippen molar-refractivity contribution in [2.45, 2.75) is 68.2 Å². The highest BCUT2D eigenvalue weighted by molar-refractivity contribution is 5.88. The van der Waals surface area contributed by atoms with Crippen molar-refractivity contribution in [3.63, 3.8) is 0 Å². The number of aliphatic imine (C=N–C) groups is 2. The van der Waals surface area contributed by atoms with E-state index in [-0.39, 0.29) is 22.3 Å². The molecule has 0 aromatic heterocycles. The maximum Gasteiger partial charge on any atom is 0.127 e. The van der Waals surface area contributed by atoms with Gasteiger partial charge in [0.25, 0.3) is 0 Å². The second-order valence-electron chi connectivity index (χ2n) is 12.2. The third-order valence-corrected chi connectivity index (χ3v) is 5.78. The van der Waals surface area contributed by atoms with Crippen molar-refractivity contribution in [1.82, 2.24) is 0 Å². The molecule has 0 bridgehead atoms. The first-order valence-corrected chi connectivity index (χ1v) is 12.5. The molecular formula is C32H40N2O2. The summed E-state index contributed by atoms with van der Waals surface area (Å²) >= 11 is 0. The first kappa shape index (κ1) is 27.2. The van der Waals surface area contributed by atoms with Crippen molar-refractivity contribution in [2.75, 3.05) is 0 Å². The van der Waals surface area contributed by atoms with Gasteiger partial charge in [-0.1, -0.05) is 59.7 Å². The van der Waals surface area contributed by atoms with Gasteiger partial charge in [-0.2, -0.15) is 0 Å². The summed E-state index contributed by atoms with van der Waals surface area (Å²) in [7, 11) is 0. The molecule has 36 heavy (non-hydrogen) atoms. The van der Waals surface area contributed by atoms with E-state index in [9.17, 15) is 10.2 Å². The number of rotatable bonds is 6. The molecule has 4 heteroatoms. The van der Waals surface area contributed by atoms with Crippen LogP contribution < -0.4 is 0 Å². The van der Waals surface area contributed by atoms with Gasteiger partial charge in [-0.15, -0.1) is 0 Å². The Labute approximate surface area is 216 Å². The second-order valence-corrected chi connectivity index (χ2v) is 12.2. The molecule has 0 aliphatic rings. The summed E-state index contributed by atoms with van der Waals surface area (Å²) in [4.78, 5) is 9.22. The van der Waals surface area contributed by atoms with Crippen LogP contribution in [0.15, 0.2) is 58.5 Å². The average molecular weight is 485 g/mol. The van der Waals surface area contributed by atoms with E-state index in [1.54, 1.807) is 12.4 Å². The number of nitrogens with zero attached hydrogens (tertiary/aromatic N) is 2. The van der Waals surface area contributed by atoms with Crippen molar-refractivity contribution in [2.24, 2.45) is 20.8 Å². The summed E-state index contributed by atoms with van der Waals surface area (Å²) in [6.45, 7) is 17.1. The van der Waals surface area contributed by atoms with Gasteiger partial charge in [-0.3, -0.25) is 9.98 Å². The number of aryl methyl sites for hydroxylation is 2. The zero-order valence-corrected chi connectivity index (χ0v) is 23.0. The lowest BCUT2D eigenvalue weighted by Crippen LogP contribution is -2.09. The Hall–Kier alpha value is -3.40. The highest BCUT2D eigenvalue weighted by atomic mass is 16.3. The fraction of sp³-hybridized carbons (Fsp3) is 0.375. The molecule has 0 atom stereocenters. The van der Waals surface area contributed by atoms with Crippen molar-refractivity contribution in [3.05, 3.63) is 81.9 Å². The quantitative estimate of drug-likeness (QED) is 0.345. The molecular weight excluding hydrogens is 444 g/mol. The monoisotopic (exact) mass is 484 g/mol. The standard InChI is InChI=1S/C32H40N2O2/c1-21-12-23(17-31(3,4)5)14-25(29(21)35)19-33-27-10-9-11-28(16-27)34-20-26-15-24(18-32(6,7)8)13-22(2)30(26)36/h9-16,19-20,35-36H,17-18H2,1-8H3. The molecule has 0 aliphatic heterocycles. The smallest absolute Gasteiger partial charge is 0.127 e. The third kappa shape index (κ3) is 7.81. The van der Waals surface area contributed by atoms with Gasteiger partial charge in [0, 0.05) is 23.6 Å². The highest BCUT2D eigenvalue weighted by Crippen LogP contribution is 2.30. The molecule has 190 valence electrons. The van der Waals surface area contributed by atoms with Gasteiger partial charge in [0.2, 0.25) is 0 Å². The Kier molecular flexibility index (Phi) is 8.08. The van der Waals surface area contributed by atoms with Gasteiger partial charge in [-0.25, -0.2) is 0 Å². The summed E-state index contributed by atoms with van der Waals surface area (Å²) in [6.07, 6.45) is 5.26. The minimum atomic E-state index is 0.156. The molecule has 4 nitrogen and oxygen atoms in total. The molecule has 0 unspecified atom stereocenters. The highest BCUT2D eigenvalue weighted by Gasteiger charge is 2.15. The van der Waals surface area contributed by atoms with Crippen LogP contribution in [0.4, 0.5) is 11.4 Å². The maximum atomic E-state index is 10.6. The van der Waals surface area contributed by atoms with Gasteiger partial charge in [0.05, 0.1) is 11.4 Å². The molecule has 0 spiro atoms. The number of phenolic OH excluding ortho intramolecular Hbond substituents is 2. The van der Waals surface area contributed by atoms with Crippen molar-refractivity contribution in [1.29, 1.82) is 0 Å². The predicted molar refractivity (Wildman–Crippen MR) is 153 cm³/mol. The van der Waals surface area contributed by atoms with Crippen LogP contribution >= 0.6 is 0 Å². The largest absolute Gasteiger partial charge is 0.507 e. The van der Waals surface area contributed by atoms with E-state index in [4.69, 9.17) is 0 Å². The molecule has 0 amide bonds. The lowest BCUT2D eigenvalue weighted by Gasteiger charge is -2.19. The van der Waals surface area contributed by atoms with Gasteiger partial charge in [0.15, 0.2) is 0 Å². The van der Waals surface area contributed by atoms with E-state index >= 15 is 0 Å². The molecule has 0 fully saturated rings. The summed E-state index contributed by atoms with van der Waals surface area (Å²) in [6, 6.07) is 15.7. The van der Waals surface area contributed by atoms with Crippen LogP contribution in [0.2, 0.25) is 0 Å². The fourth-order valence-corrected chi connectivity index (χ4v) is 4.34. The zero-order valence-electron chi connectivity index (χ0n) is 23.0. The number of benzene rings is 3. The zero-order chi connectivity index (χ0) is 26.7. The van der Waals surface area contributed by atoms with Crippen LogP contribution in [0.25, 0.3) is 0 Å². The maximum absolute atomic E-state index is 10.6. The van der Waals surface area contributed by atoms with E-state index in [2.05, 4.69) is 51.5 Å². The first-order chi connectivity index (χ1) is 16.7. The van der Waals surface area contributed by atoms with Gasteiger partial charge in [0.1, 0.15) is 11.5 Å². The fourth-order valence-electron chi connectivity index (χ4n) is 4.34.